The zero-order valence-electron chi connectivity index (χ0n) is 18.9. The van der Waals surface area contributed by atoms with Crippen LogP contribution in [0.2, 0.25) is 0 Å². The van der Waals surface area contributed by atoms with Crippen LogP contribution in [-0.4, -0.2) is 45.3 Å². The summed E-state index contributed by atoms with van der Waals surface area (Å²) in [5.74, 6) is 0.421. The molecule has 31 heavy (non-hydrogen) atoms. The fraction of sp³-hybridized carbons (Fsp3) is 0.500. The average molecular weight is 422 g/mol. The second-order valence-corrected chi connectivity index (χ2v) is 8.89. The maximum atomic E-state index is 13.2. The van der Waals surface area contributed by atoms with E-state index >= 15 is 0 Å². The maximum absolute atomic E-state index is 13.2. The number of rotatable bonds is 4. The number of anilines is 1. The third kappa shape index (κ3) is 4.55. The van der Waals surface area contributed by atoms with Crippen molar-refractivity contribution in [1.82, 2.24) is 14.7 Å². The molecule has 2 aliphatic heterocycles. The molecule has 2 aliphatic rings. The van der Waals surface area contributed by atoms with Crippen LogP contribution < -0.4 is 5.01 Å². The van der Waals surface area contributed by atoms with Crippen molar-refractivity contribution in [3.05, 3.63) is 46.8 Å². The van der Waals surface area contributed by atoms with Crippen LogP contribution >= 0.6 is 0 Å². The Balaban J connectivity index is 1.43. The predicted molar refractivity (Wildman–Crippen MR) is 121 cm³/mol. The number of amides is 2. The van der Waals surface area contributed by atoms with Crippen LogP contribution in [0.4, 0.5) is 5.69 Å². The Morgan fingerprint density at radius 3 is 2.48 bits per heavy atom. The Kier molecular flexibility index (Phi) is 5.94. The molecule has 0 N–H and O–H groups in total. The summed E-state index contributed by atoms with van der Waals surface area (Å²) in [5, 5.41) is 10.5. The van der Waals surface area contributed by atoms with Crippen molar-refractivity contribution in [3.63, 3.8) is 0 Å². The van der Waals surface area contributed by atoms with Gasteiger partial charge in [-0.3, -0.25) is 14.3 Å². The summed E-state index contributed by atoms with van der Waals surface area (Å²) < 4.78 is 2.08. The van der Waals surface area contributed by atoms with E-state index in [4.69, 9.17) is 0 Å². The molecule has 4 rings (SSSR count). The normalized spacial score (nSPS) is 17.8. The Morgan fingerprint density at radius 2 is 1.81 bits per heavy atom. The van der Waals surface area contributed by atoms with Crippen LogP contribution in [0.3, 0.4) is 0 Å². The summed E-state index contributed by atoms with van der Waals surface area (Å²) in [6.45, 7) is 10.4. The van der Waals surface area contributed by atoms with Crippen LogP contribution in [-0.2, 0) is 16.1 Å². The van der Waals surface area contributed by atoms with Gasteiger partial charge >= 0.3 is 0 Å². The molecule has 0 radical (unpaired) electrons. The molecule has 0 saturated carbocycles. The molecule has 0 bridgehead atoms. The third-order valence-corrected chi connectivity index (χ3v) is 6.31. The quantitative estimate of drug-likeness (QED) is 0.758. The number of hydrogen-bond acceptors (Lipinski definition) is 4. The van der Waals surface area contributed by atoms with Crippen LogP contribution in [0.5, 0.6) is 0 Å². The average Bonchev–Trinajstić information content (AvgIpc) is 3.07. The molecule has 1 fully saturated rings. The van der Waals surface area contributed by atoms with Crippen molar-refractivity contribution in [2.24, 2.45) is 11.0 Å². The molecule has 1 aromatic carbocycles. The van der Waals surface area contributed by atoms with Crippen molar-refractivity contribution in [1.29, 1.82) is 0 Å². The molecule has 1 saturated heterocycles. The van der Waals surface area contributed by atoms with E-state index in [2.05, 4.69) is 27.9 Å². The van der Waals surface area contributed by atoms with Gasteiger partial charge in [0.1, 0.15) is 5.71 Å². The molecule has 1 aromatic heterocycles. The molecule has 0 aliphatic carbocycles. The van der Waals surface area contributed by atoms with E-state index in [1.165, 1.54) is 10.7 Å². The van der Waals surface area contributed by atoms with Crippen LogP contribution in [0.15, 0.2) is 29.4 Å². The Bertz CT molecular complexity index is 1030. The van der Waals surface area contributed by atoms with Crippen LogP contribution in [0.25, 0.3) is 0 Å². The number of carbonyl (C=O) groups excluding carboxylic acids is 2. The number of likely N-dealkylation sites (tertiary alicyclic amines) is 1. The lowest BCUT2D eigenvalue weighted by Crippen LogP contribution is -2.45. The number of hydrogen-bond donors (Lipinski definition) is 0. The number of hydrazone groups is 1. The Morgan fingerprint density at radius 1 is 1.06 bits per heavy atom. The lowest BCUT2D eigenvalue weighted by molar-refractivity contribution is -0.125. The van der Waals surface area contributed by atoms with Gasteiger partial charge in [-0.15, -0.1) is 0 Å². The zero-order chi connectivity index (χ0) is 22.1. The maximum Gasteiger partial charge on any atom is 0.270 e. The van der Waals surface area contributed by atoms with Gasteiger partial charge in [0.2, 0.25) is 5.91 Å². The summed E-state index contributed by atoms with van der Waals surface area (Å²) in [5.41, 5.74) is 5.51. The van der Waals surface area contributed by atoms with Gasteiger partial charge in [-0.2, -0.15) is 10.2 Å². The minimum absolute atomic E-state index is 0.0348. The number of benzene rings is 1. The third-order valence-electron chi connectivity index (χ3n) is 6.31. The van der Waals surface area contributed by atoms with Gasteiger partial charge in [-0.25, -0.2) is 5.01 Å². The predicted octanol–water partition coefficient (Wildman–Crippen LogP) is 3.54. The number of piperidine rings is 1. The fourth-order valence-corrected chi connectivity index (χ4v) is 4.45. The highest BCUT2D eigenvalue weighted by Crippen LogP contribution is 2.26. The number of aryl methyl sites for hydroxylation is 4. The smallest absolute Gasteiger partial charge is 0.270 e. The fourth-order valence-electron chi connectivity index (χ4n) is 4.45. The van der Waals surface area contributed by atoms with E-state index < -0.39 is 0 Å². The molecule has 7 heteroatoms. The van der Waals surface area contributed by atoms with Gasteiger partial charge in [0.15, 0.2) is 0 Å². The first-order valence-electron chi connectivity index (χ1n) is 11.1. The highest BCUT2D eigenvalue weighted by Gasteiger charge is 2.31. The molecule has 0 unspecified atom stereocenters. The number of nitrogens with zero attached hydrogens (tertiary/aromatic N) is 5. The zero-order valence-corrected chi connectivity index (χ0v) is 18.9. The summed E-state index contributed by atoms with van der Waals surface area (Å²) in [6, 6.07) is 8.05. The summed E-state index contributed by atoms with van der Waals surface area (Å²) in [6.07, 6.45) is 2.63. The van der Waals surface area contributed by atoms with Gasteiger partial charge < -0.3 is 4.90 Å². The number of carbonyl (C=O) groups is 2. The topological polar surface area (TPSA) is 70.8 Å². The Hall–Kier alpha value is -2.96. The van der Waals surface area contributed by atoms with Crippen molar-refractivity contribution in [2.75, 3.05) is 18.1 Å². The highest BCUT2D eigenvalue weighted by atomic mass is 16.2. The molecule has 2 amide bonds. The van der Waals surface area contributed by atoms with E-state index in [1.807, 2.05) is 43.9 Å². The second-order valence-electron chi connectivity index (χ2n) is 8.89. The number of aromatic nitrogens is 2. The summed E-state index contributed by atoms with van der Waals surface area (Å²) >= 11 is 0. The lowest BCUT2D eigenvalue weighted by Gasteiger charge is -2.33. The van der Waals surface area contributed by atoms with Crippen molar-refractivity contribution in [2.45, 2.75) is 59.9 Å². The van der Waals surface area contributed by atoms with E-state index in [1.54, 1.807) is 0 Å². The standard InChI is InChI=1S/C24H31N5O2/c1-16-5-6-17(2)22(13-16)29-23(30)8-7-21(26-29)24(31)27-11-9-20(10-12-27)15-28-19(4)14-18(3)25-28/h5-6,13-14,20H,7-12,15H2,1-4H3. The molecule has 7 nitrogen and oxygen atoms in total. The van der Waals surface area contributed by atoms with E-state index in [0.29, 0.717) is 24.5 Å². The molecular formula is C24H31N5O2. The minimum Gasteiger partial charge on any atom is -0.338 e. The van der Waals surface area contributed by atoms with E-state index in [-0.39, 0.29) is 11.8 Å². The minimum atomic E-state index is -0.0613. The van der Waals surface area contributed by atoms with Crippen molar-refractivity contribution < 1.29 is 9.59 Å². The molecule has 0 spiro atoms. The van der Waals surface area contributed by atoms with Crippen LogP contribution in [0, 0.1) is 33.6 Å². The first-order valence-corrected chi connectivity index (χ1v) is 11.1. The van der Waals surface area contributed by atoms with Gasteiger partial charge in [-0.1, -0.05) is 12.1 Å². The van der Waals surface area contributed by atoms with Gasteiger partial charge in [0, 0.05) is 38.2 Å². The summed E-state index contributed by atoms with van der Waals surface area (Å²) in [7, 11) is 0. The van der Waals surface area contributed by atoms with Gasteiger partial charge in [-0.05, 0) is 69.7 Å². The van der Waals surface area contributed by atoms with Gasteiger partial charge in [0.05, 0.1) is 11.4 Å². The highest BCUT2D eigenvalue weighted by molar-refractivity contribution is 6.40. The molecular weight excluding hydrogens is 390 g/mol. The SMILES string of the molecule is Cc1ccc(C)c(N2N=C(C(=O)N3CCC(Cn4nc(C)cc4C)CC3)CCC2=O)c1. The van der Waals surface area contributed by atoms with E-state index in [0.717, 1.165) is 55.0 Å². The van der Waals surface area contributed by atoms with Gasteiger partial charge in [0.25, 0.3) is 5.91 Å². The van der Waals surface area contributed by atoms with Crippen molar-refractivity contribution >= 4 is 23.2 Å². The van der Waals surface area contributed by atoms with Crippen LogP contribution in [0.1, 0.15) is 48.2 Å². The monoisotopic (exact) mass is 421 g/mol. The van der Waals surface area contributed by atoms with Crippen molar-refractivity contribution in [3.8, 4) is 0 Å². The first kappa shape index (κ1) is 21.3. The van der Waals surface area contributed by atoms with E-state index in [9.17, 15) is 9.59 Å². The lowest BCUT2D eigenvalue weighted by atomic mass is 9.96. The summed E-state index contributed by atoms with van der Waals surface area (Å²) in [4.78, 5) is 27.6. The molecule has 2 aromatic rings. The Labute approximate surface area is 183 Å². The molecule has 0 atom stereocenters. The second kappa shape index (κ2) is 8.65. The first-order chi connectivity index (χ1) is 14.8. The molecule has 3 heterocycles. The largest absolute Gasteiger partial charge is 0.338 e. The molecule has 164 valence electrons.